The first-order chi connectivity index (χ1) is 6.77. The molecule has 0 heterocycles. The second-order valence-electron chi connectivity index (χ2n) is 5.56. The Labute approximate surface area is 102 Å². The summed E-state index contributed by atoms with van der Waals surface area (Å²) in [4.78, 5) is 11.7. The highest BCUT2D eigenvalue weighted by Gasteiger charge is 2.25. The summed E-state index contributed by atoms with van der Waals surface area (Å²) in [7, 11) is 0. The van der Waals surface area contributed by atoms with Crippen LogP contribution < -0.4 is 5.32 Å². The minimum Gasteiger partial charge on any atom is -0.353 e. The van der Waals surface area contributed by atoms with Gasteiger partial charge in [-0.15, -0.1) is 0 Å². The van der Waals surface area contributed by atoms with Crippen LogP contribution in [0.1, 0.15) is 47.5 Å². The lowest BCUT2D eigenvalue weighted by atomic mass is 9.85. The third kappa shape index (κ3) is 6.93. The van der Waals surface area contributed by atoms with E-state index in [1.54, 1.807) is 0 Å². The maximum Gasteiger partial charge on any atom is 0.220 e. The zero-order valence-electron chi connectivity index (χ0n) is 10.6. The van der Waals surface area contributed by atoms with Crippen LogP contribution in [0.15, 0.2) is 0 Å². The Kier molecular flexibility index (Phi) is 6.49. The lowest BCUT2D eigenvalue weighted by molar-refractivity contribution is -0.123. The van der Waals surface area contributed by atoms with Crippen LogP contribution in [0.5, 0.6) is 0 Å². The van der Waals surface area contributed by atoms with Gasteiger partial charge >= 0.3 is 0 Å². The van der Waals surface area contributed by atoms with Gasteiger partial charge in [0.2, 0.25) is 5.91 Å². The number of nitrogens with one attached hydrogen (secondary N) is 1. The molecule has 0 radical (unpaired) electrons. The van der Waals surface area contributed by atoms with Crippen molar-refractivity contribution in [3.63, 3.8) is 0 Å². The summed E-state index contributed by atoms with van der Waals surface area (Å²) in [6.45, 7) is 10.6. The number of carbonyl (C=O) groups excluding carboxylic acids is 1. The molecule has 0 aliphatic heterocycles. The average molecular weight is 278 g/mol. The minimum atomic E-state index is 0.125. The van der Waals surface area contributed by atoms with E-state index in [1.807, 2.05) is 0 Å². The quantitative estimate of drug-likeness (QED) is 0.768. The molecule has 1 atom stereocenters. The Morgan fingerprint density at radius 3 is 2.20 bits per heavy atom. The fourth-order valence-corrected chi connectivity index (χ4v) is 1.91. The van der Waals surface area contributed by atoms with Crippen molar-refractivity contribution in [1.29, 1.82) is 0 Å². The Hall–Kier alpha value is -0.0500. The summed E-state index contributed by atoms with van der Waals surface area (Å²) < 4.78 is 0. The van der Waals surface area contributed by atoms with Crippen molar-refractivity contribution < 1.29 is 4.79 Å². The topological polar surface area (TPSA) is 29.1 Å². The molecule has 2 nitrogen and oxygen atoms in total. The largest absolute Gasteiger partial charge is 0.353 e. The van der Waals surface area contributed by atoms with Gasteiger partial charge < -0.3 is 5.32 Å². The second kappa shape index (κ2) is 6.51. The van der Waals surface area contributed by atoms with Crippen LogP contribution in [0.2, 0.25) is 0 Å². The molecule has 0 aliphatic rings. The van der Waals surface area contributed by atoms with Crippen LogP contribution in [0.3, 0.4) is 0 Å². The maximum atomic E-state index is 11.7. The van der Waals surface area contributed by atoms with Gasteiger partial charge in [-0.3, -0.25) is 4.79 Å². The second-order valence-corrected chi connectivity index (χ2v) is 6.35. The fourth-order valence-electron chi connectivity index (χ4n) is 1.45. The molecule has 0 aliphatic carbocycles. The first-order valence-electron chi connectivity index (χ1n) is 5.62. The van der Waals surface area contributed by atoms with E-state index < -0.39 is 0 Å². The van der Waals surface area contributed by atoms with E-state index in [2.05, 4.69) is 55.9 Å². The predicted octanol–water partition coefficient (Wildman–Crippen LogP) is 3.35. The van der Waals surface area contributed by atoms with Gasteiger partial charge in [0.15, 0.2) is 0 Å². The summed E-state index contributed by atoms with van der Waals surface area (Å²) in [5.41, 5.74) is 0.125. The first kappa shape index (κ1) is 14.9. The highest BCUT2D eigenvalue weighted by Crippen LogP contribution is 2.22. The van der Waals surface area contributed by atoms with Gasteiger partial charge in [0.25, 0.3) is 0 Å². The zero-order chi connectivity index (χ0) is 12.1. The van der Waals surface area contributed by atoms with Crippen molar-refractivity contribution >= 4 is 21.8 Å². The zero-order valence-corrected chi connectivity index (χ0v) is 12.1. The molecular formula is C12H24BrNO. The van der Waals surface area contributed by atoms with Crippen molar-refractivity contribution in [2.45, 2.75) is 53.5 Å². The van der Waals surface area contributed by atoms with E-state index in [-0.39, 0.29) is 17.4 Å². The van der Waals surface area contributed by atoms with E-state index in [1.165, 1.54) is 0 Å². The van der Waals surface area contributed by atoms with Gasteiger partial charge in [-0.1, -0.05) is 50.5 Å². The lowest BCUT2D eigenvalue weighted by Crippen LogP contribution is -2.44. The van der Waals surface area contributed by atoms with Crippen LogP contribution in [0, 0.1) is 11.3 Å². The Morgan fingerprint density at radius 1 is 1.33 bits per heavy atom. The maximum absolute atomic E-state index is 11.7. The van der Waals surface area contributed by atoms with E-state index in [0.717, 1.165) is 11.8 Å². The number of carbonyl (C=O) groups is 1. The smallest absolute Gasteiger partial charge is 0.220 e. The van der Waals surface area contributed by atoms with Crippen LogP contribution in [0.25, 0.3) is 0 Å². The van der Waals surface area contributed by atoms with Gasteiger partial charge in [0.1, 0.15) is 0 Å². The Balaban J connectivity index is 4.23. The average Bonchev–Trinajstić information content (AvgIpc) is 2.00. The first-order valence-corrected chi connectivity index (χ1v) is 6.74. The van der Waals surface area contributed by atoms with Crippen molar-refractivity contribution in [2.24, 2.45) is 11.3 Å². The van der Waals surface area contributed by atoms with Crippen molar-refractivity contribution in [3.05, 3.63) is 0 Å². The van der Waals surface area contributed by atoms with Crippen molar-refractivity contribution in [1.82, 2.24) is 5.32 Å². The predicted molar refractivity (Wildman–Crippen MR) is 69.3 cm³/mol. The van der Waals surface area contributed by atoms with E-state index in [0.29, 0.717) is 12.3 Å². The molecular weight excluding hydrogens is 254 g/mol. The SMILES string of the molecule is CC(C)CC(=O)NC(CCBr)C(C)(C)C. The molecule has 0 aromatic heterocycles. The molecule has 3 heteroatoms. The molecule has 0 saturated carbocycles. The van der Waals surface area contributed by atoms with Crippen LogP contribution >= 0.6 is 15.9 Å². The van der Waals surface area contributed by atoms with Gasteiger partial charge in [0, 0.05) is 17.8 Å². The molecule has 90 valence electrons. The molecule has 0 fully saturated rings. The third-order valence-corrected chi connectivity index (χ3v) is 2.83. The number of amides is 1. The van der Waals surface area contributed by atoms with Gasteiger partial charge in [-0.25, -0.2) is 0 Å². The lowest BCUT2D eigenvalue weighted by Gasteiger charge is -2.31. The molecule has 1 amide bonds. The summed E-state index contributed by atoms with van der Waals surface area (Å²) in [6.07, 6.45) is 1.60. The molecule has 0 bridgehead atoms. The van der Waals surface area contributed by atoms with Gasteiger partial charge in [-0.05, 0) is 17.8 Å². The van der Waals surface area contributed by atoms with Crippen molar-refractivity contribution in [3.8, 4) is 0 Å². The molecule has 1 unspecified atom stereocenters. The summed E-state index contributed by atoms with van der Waals surface area (Å²) in [5, 5.41) is 4.05. The molecule has 15 heavy (non-hydrogen) atoms. The Morgan fingerprint density at radius 2 is 1.87 bits per heavy atom. The van der Waals surface area contributed by atoms with Crippen molar-refractivity contribution in [2.75, 3.05) is 5.33 Å². The number of alkyl halides is 1. The number of hydrogen-bond acceptors (Lipinski definition) is 1. The minimum absolute atomic E-state index is 0.125. The van der Waals surface area contributed by atoms with Crippen LogP contribution in [-0.2, 0) is 4.79 Å². The molecule has 1 N–H and O–H groups in total. The Bertz CT molecular complexity index is 196. The summed E-state index contributed by atoms with van der Waals surface area (Å²) in [5.74, 6) is 0.598. The number of hydrogen-bond donors (Lipinski definition) is 1. The van der Waals surface area contributed by atoms with E-state index >= 15 is 0 Å². The normalized spacial score (nSPS) is 14.1. The monoisotopic (exact) mass is 277 g/mol. The number of halogens is 1. The molecule has 0 spiro atoms. The fraction of sp³-hybridized carbons (Fsp3) is 0.917. The summed E-state index contributed by atoms with van der Waals surface area (Å²) >= 11 is 3.43. The molecule has 0 saturated heterocycles. The van der Waals surface area contributed by atoms with Gasteiger partial charge in [-0.2, -0.15) is 0 Å². The third-order valence-electron chi connectivity index (χ3n) is 2.37. The summed E-state index contributed by atoms with van der Waals surface area (Å²) in [6, 6.07) is 0.253. The van der Waals surface area contributed by atoms with E-state index in [4.69, 9.17) is 0 Å². The van der Waals surface area contributed by atoms with Crippen LogP contribution in [0.4, 0.5) is 0 Å². The molecule has 0 aromatic carbocycles. The van der Waals surface area contributed by atoms with E-state index in [9.17, 15) is 4.79 Å². The molecule has 0 rings (SSSR count). The highest BCUT2D eigenvalue weighted by molar-refractivity contribution is 9.09. The number of rotatable bonds is 5. The standard InChI is InChI=1S/C12H24BrNO/c1-9(2)8-11(15)14-10(6-7-13)12(3,4)5/h9-10H,6-8H2,1-5H3,(H,14,15). The molecule has 0 aromatic rings. The van der Waals surface area contributed by atoms with Gasteiger partial charge in [0.05, 0.1) is 0 Å². The highest BCUT2D eigenvalue weighted by atomic mass is 79.9. The van der Waals surface area contributed by atoms with Crippen LogP contribution in [-0.4, -0.2) is 17.3 Å².